The Morgan fingerprint density at radius 3 is 2.47 bits per heavy atom. The van der Waals surface area contributed by atoms with Crippen molar-refractivity contribution in [1.82, 2.24) is 9.97 Å². The molecule has 0 fully saturated rings. The number of nitrogens with one attached hydrogen (secondary N) is 1. The van der Waals surface area contributed by atoms with Crippen molar-refractivity contribution in [2.45, 2.75) is 13.0 Å². The van der Waals surface area contributed by atoms with Crippen LogP contribution in [-0.2, 0) is 4.74 Å². The molecular formula is C24H19ClFN3O3. The Hall–Kier alpha value is -3.71. The molecule has 32 heavy (non-hydrogen) atoms. The molecule has 0 aliphatic carbocycles. The molecule has 0 aliphatic heterocycles. The van der Waals surface area contributed by atoms with E-state index >= 15 is 0 Å². The maximum atomic E-state index is 13.3. The number of fused-ring (bicyclic) bond motifs is 1. The van der Waals surface area contributed by atoms with Crippen LogP contribution in [0.3, 0.4) is 0 Å². The van der Waals surface area contributed by atoms with Crippen molar-refractivity contribution in [3.05, 3.63) is 89.0 Å². The SMILES string of the molecule is COC(=O)c1ccc([C@H](C)Nc2ncc(Cl)c3ccnc(Oc4ccc(F)cc4)c23)cc1. The molecule has 6 nitrogen and oxygen atoms in total. The number of carbonyl (C=O) groups excluding carboxylic acids is 1. The van der Waals surface area contributed by atoms with Crippen LogP contribution in [0.25, 0.3) is 10.8 Å². The minimum Gasteiger partial charge on any atom is -0.465 e. The van der Waals surface area contributed by atoms with Crippen LogP contribution < -0.4 is 10.1 Å². The van der Waals surface area contributed by atoms with Gasteiger partial charge >= 0.3 is 5.97 Å². The van der Waals surface area contributed by atoms with Gasteiger partial charge in [0.1, 0.15) is 17.4 Å². The number of anilines is 1. The monoisotopic (exact) mass is 451 g/mol. The molecule has 1 atom stereocenters. The lowest BCUT2D eigenvalue weighted by molar-refractivity contribution is 0.0600. The van der Waals surface area contributed by atoms with E-state index in [1.54, 1.807) is 30.6 Å². The Morgan fingerprint density at radius 1 is 1.06 bits per heavy atom. The molecule has 0 saturated carbocycles. The van der Waals surface area contributed by atoms with Gasteiger partial charge in [0.25, 0.3) is 0 Å². The van der Waals surface area contributed by atoms with Crippen LogP contribution in [0.1, 0.15) is 28.9 Å². The molecule has 2 aromatic heterocycles. The zero-order valence-electron chi connectivity index (χ0n) is 17.3. The number of hydrogen-bond donors (Lipinski definition) is 1. The predicted molar refractivity (Wildman–Crippen MR) is 121 cm³/mol. The molecule has 8 heteroatoms. The van der Waals surface area contributed by atoms with E-state index in [1.807, 2.05) is 19.1 Å². The van der Waals surface area contributed by atoms with Crippen LogP contribution in [0.15, 0.2) is 67.0 Å². The molecule has 0 bridgehead atoms. The molecule has 162 valence electrons. The molecular weight excluding hydrogens is 433 g/mol. The lowest BCUT2D eigenvalue weighted by Gasteiger charge is -2.18. The molecule has 0 amide bonds. The zero-order valence-corrected chi connectivity index (χ0v) is 18.1. The molecule has 0 saturated heterocycles. The summed E-state index contributed by atoms with van der Waals surface area (Å²) in [5.74, 6) is 0.501. The van der Waals surface area contributed by atoms with Crippen molar-refractivity contribution >= 4 is 34.2 Å². The first-order valence-electron chi connectivity index (χ1n) is 9.77. The first-order valence-corrected chi connectivity index (χ1v) is 10.2. The average Bonchev–Trinajstić information content (AvgIpc) is 2.82. The molecule has 4 aromatic rings. The molecule has 0 unspecified atom stereocenters. The lowest BCUT2D eigenvalue weighted by Crippen LogP contribution is -2.09. The second-order valence-electron chi connectivity index (χ2n) is 7.03. The van der Waals surface area contributed by atoms with Gasteiger partial charge in [0.05, 0.1) is 23.1 Å². The molecule has 0 spiro atoms. The van der Waals surface area contributed by atoms with E-state index < -0.39 is 5.97 Å². The summed E-state index contributed by atoms with van der Waals surface area (Å²) in [4.78, 5) is 20.5. The standard InChI is InChI=1S/C24H19ClFN3O3/c1-14(15-3-5-16(6-4-15)24(30)31-2)29-22-21-19(20(25)13-28-22)11-12-27-23(21)32-18-9-7-17(26)8-10-18/h3-14H,1-2H3,(H,28,29)/t14-/m0/s1. The van der Waals surface area contributed by atoms with Gasteiger partial charge in [-0.2, -0.15) is 0 Å². The van der Waals surface area contributed by atoms with Crippen LogP contribution in [0.5, 0.6) is 11.6 Å². The van der Waals surface area contributed by atoms with Crippen molar-refractivity contribution in [1.29, 1.82) is 0 Å². The Kier molecular flexibility index (Phi) is 6.18. The summed E-state index contributed by atoms with van der Waals surface area (Å²) in [5.41, 5.74) is 1.41. The van der Waals surface area contributed by atoms with Crippen LogP contribution in [0, 0.1) is 5.82 Å². The summed E-state index contributed by atoms with van der Waals surface area (Å²) in [6.07, 6.45) is 3.15. The Morgan fingerprint density at radius 2 is 1.78 bits per heavy atom. The molecule has 1 N–H and O–H groups in total. The second-order valence-corrected chi connectivity index (χ2v) is 7.44. The van der Waals surface area contributed by atoms with Gasteiger partial charge in [-0.3, -0.25) is 0 Å². The number of pyridine rings is 2. The van der Waals surface area contributed by atoms with Crippen molar-refractivity contribution in [3.63, 3.8) is 0 Å². The Balaban J connectivity index is 1.68. The molecule has 2 aromatic carbocycles. The number of halogens is 2. The van der Waals surface area contributed by atoms with Crippen molar-refractivity contribution in [3.8, 4) is 11.6 Å². The number of methoxy groups -OCH3 is 1. The quantitative estimate of drug-likeness (QED) is 0.353. The lowest BCUT2D eigenvalue weighted by atomic mass is 10.1. The number of carbonyl (C=O) groups is 1. The summed E-state index contributed by atoms with van der Waals surface area (Å²) in [5, 5.41) is 5.12. The van der Waals surface area contributed by atoms with Crippen molar-refractivity contribution < 1.29 is 18.7 Å². The van der Waals surface area contributed by atoms with Gasteiger partial charge in [0.2, 0.25) is 5.88 Å². The van der Waals surface area contributed by atoms with Crippen molar-refractivity contribution in [2.24, 2.45) is 0 Å². The van der Waals surface area contributed by atoms with E-state index in [0.29, 0.717) is 38.8 Å². The molecule has 4 rings (SSSR count). The maximum absolute atomic E-state index is 13.3. The molecule has 0 aliphatic rings. The minimum absolute atomic E-state index is 0.155. The number of rotatable bonds is 6. The van der Waals surface area contributed by atoms with Gasteiger partial charge in [-0.1, -0.05) is 23.7 Å². The fourth-order valence-corrected chi connectivity index (χ4v) is 3.45. The van der Waals surface area contributed by atoms with E-state index in [-0.39, 0.29) is 11.9 Å². The van der Waals surface area contributed by atoms with Crippen LogP contribution in [-0.4, -0.2) is 23.0 Å². The van der Waals surface area contributed by atoms with Crippen molar-refractivity contribution in [2.75, 3.05) is 12.4 Å². The van der Waals surface area contributed by atoms with Gasteiger partial charge < -0.3 is 14.8 Å². The molecule has 0 radical (unpaired) electrons. The third kappa shape index (κ3) is 4.48. The predicted octanol–water partition coefficient (Wildman–Crippen LogP) is 6.17. The summed E-state index contributed by atoms with van der Waals surface area (Å²) in [7, 11) is 1.34. The highest BCUT2D eigenvalue weighted by molar-refractivity contribution is 6.36. The van der Waals surface area contributed by atoms with E-state index in [0.717, 1.165) is 5.56 Å². The smallest absolute Gasteiger partial charge is 0.337 e. The first-order chi connectivity index (χ1) is 15.5. The highest BCUT2D eigenvalue weighted by Gasteiger charge is 2.17. The fourth-order valence-electron chi connectivity index (χ4n) is 3.24. The summed E-state index contributed by atoms with van der Waals surface area (Å²) >= 11 is 6.37. The normalized spacial score (nSPS) is 11.8. The minimum atomic E-state index is -0.392. The summed E-state index contributed by atoms with van der Waals surface area (Å²) < 4.78 is 23.9. The highest BCUT2D eigenvalue weighted by atomic mass is 35.5. The fraction of sp³-hybridized carbons (Fsp3) is 0.125. The van der Waals surface area contributed by atoms with Crippen LogP contribution in [0.4, 0.5) is 10.2 Å². The first kappa shape index (κ1) is 21.5. The number of benzene rings is 2. The van der Waals surface area contributed by atoms with Gasteiger partial charge in [-0.15, -0.1) is 0 Å². The van der Waals surface area contributed by atoms with Gasteiger partial charge in [-0.25, -0.2) is 19.2 Å². The second kappa shape index (κ2) is 9.20. The van der Waals surface area contributed by atoms with E-state index in [2.05, 4.69) is 15.3 Å². The molecule has 2 heterocycles. The van der Waals surface area contributed by atoms with E-state index in [1.165, 1.54) is 31.4 Å². The largest absolute Gasteiger partial charge is 0.465 e. The third-order valence-electron chi connectivity index (χ3n) is 4.93. The Labute approximate surface area is 189 Å². The summed E-state index contributed by atoms with van der Waals surface area (Å²) in [6.45, 7) is 1.96. The third-order valence-corrected chi connectivity index (χ3v) is 5.23. The maximum Gasteiger partial charge on any atom is 0.337 e. The zero-order chi connectivity index (χ0) is 22.7. The number of hydrogen-bond acceptors (Lipinski definition) is 6. The van der Waals surface area contributed by atoms with Crippen LogP contribution >= 0.6 is 11.6 Å². The van der Waals surface area contributed by atoms with E-state index in [4.69, 9.17) is 21.1 Å². The number of aromatic nitrogens is 2. The number of esters is 1. The number of ether oxygens (including phenoxy) is 2. The topological polar surface area (TPSA) is 73.3 Å². The average molecular weight is 452 g/mol. The number of nitrogens with zero attached hydrogens (tertiary/aromatic N) is 2. The van der Waals surface area contributed by atoms with Gasteiger partial charge in [0.15, 0.2) is 0 Å². The van der Waals surface area contributed by atoms with Gasteiger partial charge in [-0.05, 0) is 55.0 Å². The van der Waals surface area contributed by atoms with Crippen LogP contribution in [0.2, 0.25) is 5.02 Å². The Bertz CT molecular complexity index is 1260. The highest BCUT2D eigenvalue weighted by Crippen LogP contribution is 2.37. The van der Waals surface area contributed by atoms with Gasteiger partial charge in [0, 0.05) is 23.8 Å². The summed E-state index contributed by atoms with van der Waals surface area (Å²) in [6, 6.07) is 14.4. The van der Waals surface area contributed by atoms with E-state index in [9.17, 15) is 9.18 Å².